The summed E-state index contributed by atoms with van der Waals surface area (Å²) in [5, 5.41) is 5.62. The van der Waals surface area contributed by atoms with Gasteiger partial charge in [0.25, 0.3) is 0 Å². The molecule has 0 bridgehead atoms. The number of carbonyl (C=O) groups is 1. The first-order valence-corrected chi connectivity index (χ1v) is 7.98. The van der Waals surface area contributed by atoms with Crippen LogP contribution in [0.3, 0.4) is 0 Å². The second-order valence-electron chi connectivity index (χ2n) is 4.57. The Hall–Kier alpha value is -1.67. The van der Waals surface area contributed by atoms with E-state index in [4.69, 9.17) is 0 Å². The molecule has 1 atom stereocenters. The Morgan fingerprint density at radius 2 is 2.30 bits per heavy atom. The topological polar surface area (TPSA) is 100 Å². The maximum absolute atomic E-state index is 12.3. The minimum atomic E-state index is -3.60. The number of nitrogens with one attached hydrogen (secondary N) is 3. The predicted octanol–water partition coefficient (Wildman–Crippen LogP) is 0.0703. The summed E-state index contributed by atoms with van der Waals surface area (Å²) in [6.45, 7) is 2.90. The summed E-state index contributed by atoms with van der Waals surface area (Å²) in [5.74, 6) is 0.478. The molecule has 1 aliphatic rings. The van der Waals surface area contributed by atoms with Crippen LogP contribution in [0.15, 0.2) is 23.2 Å². The van der Waals surface area contributed by atoms with Gasteiger partial charge < -0.3 is 10.6 Å². The Morgan fingerprint density at radius 1 is 1.50 bits per heavy atom. The van der Waals surface area contributed by atoms with E-state index in [0.717, 1.165) is 0 Å². The highest BCUT2D eigenvalue weighted by Gasteiger charge is 2.24. The van der Waals surface area contributed by atoms with Crippen LogP contribution in [-0.4, -0.2) is 38.4 Å². The van der Waals surface area contributed by atoms with Crippen LogP contribution in [0.2, 0.25) is 0 Å². The molecule has 20 heavy (non-hydrogen) atoms. The van der Waals surface area contributed by atoms with E-state index in [1.54, 1.807) is 0 Å². The largest absolute Gasteiger partial charge is 0.370 e. The molecule has 0 radical (unpaired) electrons. The third kappa shape index (κ3) is 3.67. The van der Waals surface area contributed by atoms with Crippen molar-refractivity contribution >= 4 is 21.7 Å². The lowest BCUT2D eigenvalue weighted by Gasteiger charge is -2.23. The van der Waals surface area contributed by atoms with Gasteiger partial charge in [0.2, 0.25) is 15.9 Å². The van der Waals surface area contributed by atoms with Crippen LogP contribution in [-0.2, 0) is 14.8 Å². The summed E-state index contributed by atoms with van der Waals surface area (Å²) in [6.07, 6.45) is 2.30. The number of sulfonamides is 1. The summed E-state index contributed by atoms with van der Waals surface area (Å²) in [7, 11) is -3.60. The lowest BCUT2D eigenvalue weighted by molar-refractivity contribution is -0.122. The van der Waals surface area contributed by atoms with Gasteiger partial charge in [0.15, 0.2) is 0 Å². The first-order valence-electron chi connectivity index (χ1n) is 6.50. The van der Waals surface area contributed by atoms with E-state index >= 15 is 0 Å². The molecule has 1 amide bonds. The van der Waals surface area contributed by atoms with Gasteiger partial charge >= 0.3 is 0 Å². The number of nitrogens with zero attached hydrogens (tertiary/aromatic N) is 1. The zero-order valence-corrected chi connectivity index (χ0v) is 12.0. The third-order valence-corrected chi connectivity index (χ3v) is 4.51. The van der Waals surface area contributed by atoms with E-state index in [1.165, 1.54) is 18.3 Å². The maximum Gasteiger partial charge on any atom is 0.241 e. The zero-order chi connectivity index (χ0) is 14.6. The molecule has 1 aromatic heterocycles. The van der Waals surface area contributed by atoms with Gasteiger partial charge in [0.05, 0.1) is 4.90 Å². The number of aromatic nitrogens is 1. The van der Waals surface area contributed by atoms with Crippen molar-refractivity contribution in [3.63, 3.8) is 0 Å². The van der Waals surface area contributed by atoms with E-state index < -0.39 is 10.0 Å². The summed E-state index contributed by atoms with van der Waals surface area (Å²) in [4.78, 5) is 15.3. The molecule has 110 valence electrons. The summed E-state index contributed by atoms with van der Waals surface area (Å²) < 4.78 is 27.1. The van der Waals surface area contributed by atoms with Crippen molar-refractivity contribution < 1.29 is 13.2 Å². The molecule has 2 rings (SSSR count). The molecule has 1 fully saturated rings. The second-order valence-corrected chi connectivity index (χ2v) is 6.28. The van der Waals surface area contributed by atoms with Crippen molar-refractivity contribution in [2.75, 3.05) is 18.4 Å². The molecule has 0 aliphatic carbocycles. The van der Waals surface area contributed by atoms with Crippen LogP contribution in [0.25, 0.3) is 0 Å². The number of carbonyl (C=O) groups excluding carboxylic acids is 1. The molecule has 1 aromatic rings. The Kier molecular flexibility index (Phi) is 4.56. The van der Waals surface area contributed by atoms with Gasteiger partial charge in [0, 0.05) is 37.8 Å². The number of anilines is 1. The van der Waals surface area contributed by atoms with Crippen LogP contribution in [0, 0.1) is 0 Å². The number of amides is 1. The second kappa shape index (κ2) is 6.19. The molecule has 8 heteroatoms. The van der Waals surface area contributed by atoms with Crippen LogP contribution >= 0.6 is 0 Å². The van der Waals surface area contributed by atoms with Crippen LogP contribution in [0.1, 0.15) is 19.8 Å². The van der Waals surface area contributed by atoms with Gasteiger partial charge in [0.1, 0.15) is 5.82 Å². The first-order chi connectivity index (χ1) is 9.51. The van der Waals surface area contributed by atoms with Gasteiger partial charge in [-0.05, 0) is 19.4 Å². The van der Waals surface area contributed by atoms with Gasteiger partial charge in [-0.1, -0.05) is 0 Å². The number of piperidine rings is 1. The monoisotopic (exact) mass is 298 g/mol. The highest BCUT2D eigenvalue weighted by Crippen LogP contribution is 2.14. The maximum atomic E-state index is 12.3. The molecular formula is C12H18N4O3S. The van der Waals surface area contributed by atoms with E-state index in [-0.39, 0.29) is 16.8 Å². The number of hydrogen-bond donors (Lipinski definition) is 3. The molecule has 7 nitrogen and oxygen atoms in total. The molecule has 2 heterocycles. The zero-order valence-electron chi connectivity index (χ0n) is 11.2. The fourth-order valence-corrected chi connectivity index (χ4v) is 3.26. The average Bonchev–Trinajstić information content (AvgIpc) is 2.42. The minimum Gasteiger partial charge on any atom is -0.370 e. The van der Waals surface area contributed by atoms with E-state index in [2.05, 4.69) is 20.3 Å². The fraction of sp³-hybridized carbons (Fsp3) is 0.500. The minimum absolute atomic E-state index is 0.0428. The number of pyridine rings is 1. The number of hydrogen-bond acceptors (Lipinski definition) is 5. The van der Waals surface area contributed by atoms with Gasteiger partial charge in [-0.3, -0.25) is 4.79 Å². The summed E-state index contributed by atoms with van der Waals surface area (Å²) in [5.41, 5.74) is 0. The lowest BCUT2D eigenvalue weighted by Crippen LogP contribution is -2.47. The van der Waals surface area contributed by atoms with Crippen LogP contribution in [0.4, 0.5) is 5.82 Å². The fourth-order valence-electron chi connectivity index (χ4n) is 1.98. The Morgan fingerprint density at radius 3 is 2.95 bits per heavy atom. The molecule has 0 saturated carbocycles. The molecule has 1 unspecified atom stereocenters. The SMILES string of the molecule is CCNc1cc(S(=O)(=O)NC2CCC(=O)NC2)ccn1. The first kappa shape index (κ1) is 14.7. The normalized spacial score (nSPS) is 19.4. The summed E-state index contributed by atoms with van der Waals surface area (Å²) >= 11 is 0. The lowest BCUT2D eigenvalue weighted by atomic mass is 10.1. The van der Waals surface area contributed by atoms with E-state index in [1.807, 2.05) is 6.92 Å². The highest BCUT2D eigenvalue weighted by molar-refractivity contribution is 7.89. The summed E-state index contributed by atoms with van der Waals surface area (Å²) in [6, 6.07) is 2.67. The standard InChI is InChI=1S/C12H18N4O3S/c1-2-13-11-7-10(5-6-14-11)20(18,19)16-9-3-4-12(17)15-8-9/h5-7,9,16H,2-4,8H2,1H3,(H,13,14)(H,15,17). The van der Waals surface area contributed by atoms with Crippen molar-refractivity contribution in [2.24, 2.45) is 0 Å². The number of rotatable bonds is 5. The van der Waals surface area contributed by atoms with Crippen molar-refractivity contribution in [1.82, 2.24) is 15.0 Å². The highest BCUT2D eigenvalue weighted by atomic mass is 32.2. The van der Waals surface area contributed by atoms with Crippen molar-refractivity contribution in [3.05, 3.63) is 18.3 Å². The van der Waals surface area contributed by atoms with E-state index in [0.29, 0.717) is 31.7 Å². The molecule has 3 N–H and O–H groups in total. The Bertz CT molecular complexity index is 578. The average molecular weight is 298 g/mol. The molecule has 1 saturated heterocycles. The molecule has 0 spiro atoms. The predicted molar refractivity (Wildman–Crippen MR) is 74.8 cm³/mol. The molecule has 1 aliphatic heterocycles. The van der Waals surface area contributed by atoms with Crippen molar-refractivity contribution in [1.29, 1.82) is 0 Å². The quantitative estimate of drug-likeness (QED) is 0.714. The van der Waals surface area contributed by atoms with Crippen LogP contribution in [0.5, 0.6) is 0 Å². The molecule has 0 aromatic carbocycles. The van der Waals surface area contributed by atoms with Crippen molar-refractivity contribution in [2.45, 2.75) is 30.7 Å². The van der Waals surface area contributed by atoms with Crippen LogP contribution < -0.4 is 15.4 Å². The smallest absolute Gasteiger partial charge is 0.241 e. The van der Waals surface area contributed by atoms with Gasteiger partial charge in [-0.15, -0.1) is 0 Å². The Labute approximate surface area is 118 Å². The Balaban J connectivity index is 2.09. The van der Waals surface area contributed by atoms with E-state index in [9.17, 15) is 13.2 Å². The molecular weight excluding hydrogens is 280 g/mol. The van der Waals surface area contributed by atoms with Gasteiger partial charge in [-0.2, -0.15) is 0 Å². The van der Waals surface area contributed by atoms with Crippen molar-refractivity contribution in [3.8, 4) is 0 Å². The van der Waals surface area contributed by atoms with Gasteiger partial charge in [-0.25, -0.2) is 18.1 Å². The third-order valence-electron chi connectivity index (χ3n) is 2.99.